The molecule has 7 heteroatoms. The molecule has 1 N–H and O–H groups in total. The van der Waals surface area contributed by atoms with Gasteiger partial charge < -0.3 is 0 Å². The van der Waals surface area contributed by atoms with Gasteiger partial charge in [0, 0.05) is 5.02 Å². The van der Waals surface area contributed by atoms with E-state index in [1.165, 1.54) is 12.1 Å². The Morgan fingerprint density at radius 2 is 1.95 bits per heavy atom. The number of nitrogens with zero attached hydrogens (tertiary/aromatic N) is 1. The second-order valence-corrected chi connectivity index (χ2v) is 5.25. The van der Waals surface area contributed by atoms with Gasteiger partial charge in [-0.15, -0.1) is 0 Å². The zero-order chi connectivity index (χ0) is 14.9. The van der Waals surface area contributed by atoms with Crippen molar-refractivity contribution in [3.8, 4) is 0 Å². The van der Waals surface area contributed by atoms with Gasteiger partial charge in [0.25, 0.3) is 0 Å². The Morgan fingerprint density at radius 3 is 2.60 bits per heavy atom. The van der Waals surface area contributed by atoms with Crippen molar-refractivity contribution in [3.05, 3.63) is 28.2 Å². The normalized spacial score (nSPS) is 19.2. The summed E-state index contributed by atoms with van der Waals surface area (Å²) in [5.41, 5.74) is 0.176. The van der Waals surface area contributed by atoms with E-state index in [0.29, 0.717) is 17.9 Å². The van der Waals surface area contributed by atoms with E-state index in [2.05, 4.69) is 5.32 Å². The smallest absolute Gasteiger partial charge is 0.277 e. The first kappa shape index (κ1) is 14.8. The van der Waals surface area contributed by atoms with E-state index in [0.717, 1.165) is 4.90 Å². The molecular formula is C13H12Cl2N2O3. The summed E-state index contributed by atoms with van der Waals surface area (Å²) in [4.78, 5) is 36.8. The third-order valence-electron chi connectivity index (χ3n) is 2.99. The molecule has 5 nitrogen and oxygen atoms in total. The lowest BCUT2D eigenvalue weighted by Gasteiger charge is -2.30. The van der Waals surface area contributed by atoms with Crippen molar-refractivity contribution in [2.24, 2.45) is 5.92 Å². The minimum absolute atomic E-state index is 0.176. The van der Waals surface area contributed by atoms with Crippen LogP contribution in [-0.4, -0.2) is 17.8 Å². The summed E-state index contributed by atoms with van der Waals surface area (Å²) < 4.78 is 0. The molecule has 1 aliphatic heterocycles. The van der Waals surface area contributed by atoms with Crippen molar-refractivity contribution in [1.29, 1.82) is 0 Å². The fraction of sp³-hybridized carbons (Fsp3) is 0.308. The van der Waals surface area contributed by atoms with Crippen LogP contribution in [0.2, 0.25) is 10.0 Å². The molecule has 1 aromatic rings. The van der Waals surface area contributed by atoms with Gasteiger partial charge >= 0.3 is 6.03 Å². The Bertz CT molecular complexity index is 589. The van der Waals surface area contributed by atoms with Crippen LogP contribution in [-0.2, 0) is 9.59 Å². The van der Waals surface area contributed by atoms with Crippen LogP contribution < -0.4 is 10.2 Å². The number of anilines is 1. The van der Waals surface area contributed by atoms with Gasteiger partial charge in [-0.05, 0) is 24.6 Å². The second-order valence-electron chi connectivity index (χ2n) is 4.41. The van der Waals surface area contributed by atoms with Crippen LogP contribution in [0.5, 0.6) is 0 Å². The fourth-order valence-electron chi connectivity index (χ4n) is 2.05. The summed E-state index contributed by atoms with van der Waals surface area (Å²) in [6, 6.07) is 3.65. The third kappa shape index (κ3) is 2.64. The fourth-order valence-corrected chi connectivity index (χ4v) is 2.41. The van der Waals surface area contributed by atoms with Crippen molar-refractivity contribution >= 4 is 46.7 Å². The summed E-state index contributed by atoms with van der Waals surface area (Å²) in [5.74, 6) is -2.03. The van der Waals surface area contributed by atoms with Gasteiger partial charge in [-0.3, -0.25) is 14.9 Å². The molecule has 1 fully saturated rings. The first-order chi connectivity index (χ1) is 9.45. The highest BCUT2D eigenvalue weighted by Gasteiger charge is 2.41. The minimum atomic E-state index is -0.882. The first-order valence-electron chi connectivity index (χ1n) is 6.09. The van der Waals surface area contributed by atoms with E-state index in [1.807, 2.05) is 6.92 Å². The number of imide groups is 2. The van der Waals surface area contributed by atoms with Crippen molar-refractivity contribution in [2.45, 2.75) is 19.8 Å². The second kappa shape index (κ2) is 5.81. The summed E-state index contributed by atoms with van der Waals surface area (Å²) in [7, 11) is 0. The number of amides is 4. The molecule has 0 aliphatic carbocycles. The van der Waals surface area contributed by atoms with Gasteiger partial charge in [0.15, 0.2) is 0 Å². The predicted octanol–water partition coefficient (Wildman–Crippen LogP) is 2.99. The molecular weight excluding hydrogens is 303 g/mol. The monoisotopic (exact) mass is 314 g/mol. The number of benzene rings is 1. The van der Waals surface area contributed by atoms with E-state index in [1.54, 1.807) is 6.07 Å². The molecule has 0 radical (unpaired) electrons. The Morgan fingerprint density at radius 1 is 1.25 bits per heavy atom. The highest BCUT2D eigenvalue weighted by Crippen LogP contribution is 2.32. The number of carbonyl (C=O) groups excluding carboxylic acids is 3. The molecule has 0 aromatic heterocycles. The maximum Gasteiger partial charge on any atom is 0.335 e. The van der Waals surface area contributed by atoms with Gasteiger partial charge in [0.2, 0.25) is 11.8 Å². The number of carbonyl (C=O) groups is 3. The van der Waals surface area contributed by atoms with Crippen LogP contribution in [0.25, 0.3) is 0 Å². The molecule has 1 heterocycles. The van der Waals surface area contributed by atoms with Gasteiger partial charge in [0.05, 0.1) is 10.7 Å². The number of nitrogens with one attached hydrogen (secondary N) is 1. The lowest BCUT2D eigenvalue weighted by Crippen LogP contribution is -2.58. The SMILES string of the molecule is CCCC1C(=O)NC(=O)N(c2cc(Cl)ccc2Cl)C1=O. The molecule has 1 saturated heterocycles. The Kier molecular flexibility index (Phi) is 4.30. The number of hydrogen-bond donors (Lipinski definition) is 1. The molecule has 0 spiro atoms. The van der Waals surface area contributed by atoms with Crippen LogP contribution in [0.3, 0.4) is 0 Å². The lowest BCUT2D eigenvalue weighted by molar-refractivity contribution is -0.134. The minimum Gasteiger partial charge on any atom is -0.277 e. The molecule has 1 aliphatic rings. The number of urea groups is 1. The van der Waals surface area contributed by atoms with Crippen molar-refractivity contribution < 1.29 is 14.4 Å². The van der Waals surface area contributed by atoms with Crippen LogP contribution in [0.15, 0.2) is 18.2 Å². The maximum atomic E-state index is 12.3. The Balaban J connectivity index is 2.43. The molecule has 2 rings (SSSR count). The first-order valence-corrected chi connectivity index (χ1v) is 6.85. The van der Waals surface area contributed by atoms with E-state index < -0.39 is 23.8 Å². The highest BCUT2D eigenvalue weighted by molar-refractivity contribution is 6.38. The summed E-state index contributed by atoms with van der Waals surface area (Å²) in [6.45, 7) is 1.85. The van der Waals surface area contributed by atoms with Crippen LogP contribution in [0.1, 0.15) is 19.8 Å². The maximum absolute atomic E-state index is 12.3. The van der Waals surface area contributed by atoms with Crippen molar-refractivity contribution in [1.82, 2.24) is 5.32 Å². The molecule has 1 unspecified atom stereocenters. The van der Waals surface area contributed by atoms with E-state index in [4.69, 9.17) is 23.2 Å². The van der Waals surface area contributed by atoms with Crippen molar-refractivity contribution in [2.75, 3.05) is 4.90 Å². The van der Waals surface area contributed by atoms with E-state index >= 15 is 0 Å². The molecule has 1 atom stereocenters. The number of hydrogen-bond acceptors (Lipinski definition) is 3. The van der Waals surface area contributed by atoms with Gasteiger partial charge in [-0.2, -0.15) is 0 Å². The summed E-state index contributed by atoms with van der Waals surface area (Å²) in [6.07, 6.45) is 1.02. The Hall–Kier alpha value is -1.59. The van der Waals surface area contributed by atoms with Crippen LogP contribution in [0, 0.1) is 5.92 Å². The topological polar surface area (TPSA) is 66.5 Å². The molecule has 106 valence electrons. The molecule has 4 amide bonds. The van der Waals surface area contributed by atoms with E-state index in [9.17, 15) is 14.4 Å². The zero-order valence-electron chi connectivity index (χ0n) is 10.7. The molecule has 20 heavy (non-hydrogen) atoms. The summed E-state index contributed by atoms with van der Waals surface area (Å²) >= 11 is 11.9. The third-order valence-corrected chi connectivity index (χ3v) is 3.55. The standard InChI is InChI=1S/C13H12Cl2N2O3/c1-2-3-8-11(18)16-13(20)17(12(8)19)10-6-7(14)4-5-9(10)15/h4-6,8H,2-3H2,1H3,(H,16,18,20). The predicted molar refractivity (Wildman–Crippen MR) is 75.9 cm³/mol. The Labute approximate surface area is 125 Å². The lowest BCUT2D eigenvalue weighted by atomic mass is 9.99. The molecule has 0 bridgehead atoms. The summed E-state index contributed by atoms with van der Waals surface area (Å²) in [5, 5.41) is 2.72. The van der Waals surface area contributed by atoms with Gasteiger partial charge in [-0.25, -0.2) is 9.69 Å². The molecule has 0 saturated carbocycles. The average Bonchev–Trinajstić information content (AvgIpc) is 2.38. The van der Waals surface area contributed by atoms with Crippen LogP contribution in [0.4, 0.5) is 10.5 Å². The van der Waals surface area contributed by atoms with Crippen LogP contribution >= 0.6 is 23.2 Å². The zero-order valence-corrected chi connectivity index (χ0v) is 12.2. The van der Waals surface area contributed by atoms with Crippen molar-refractivity contribution in [3.63, 3.8) is 0 Å². The number of halogens is 2. The van der Waals surface area contributed by atoms with E-state index in [-0.39, 0.29) is 10.7 Å². The van der Waals surface area contributed by atoms with Gasteiger partial charge in [-0.1, -0.05) is 36.5 Å². The highest BCUT2D eigenvalue weighted by atomic mass is 35.5. The molecule has 1 aromatic carbocycles. The van der Waals surface area contributed by atoms with Gasteiger partial charge in [0.1, 0.15) is 5.92 Å². The number of rotatable bonds is 3. The number of barbiturate groups is 1. The average molecular weight is 315 g/mol. The largest absolute Gasteiger partial charge is 0.335 e. The quantitative estimate of drug-likeness (QED) is 0.872.